The van der Waals surface area contributed by atoms with Crippen molar-refractivity contribution in [3.8, 4) is 0 Å². The number of nitrogens with one attached hydrogen (secondary N) is 1. The van der Waals surface area contributed by atoms with Crippen LogP contribution in [0.15, 0.2) is 18.2 Å². The highest BCUT2D eigenvalue weighted by atomic mass is 35.5. The number of rotatable bonds is 5. The lowest BCUT2D eigenvalue weighted by Crippen LogP contribution is -2.26. The normalized spacial score (nSPS) is 11.4. The summed E-state index contributed by atoms with van der Waals surface area (Å²) in [5, 5.41) is 3.45. The molecule has 1 rings (SSSR count). The van der Waals surface area contributed by atoms with E-state index in [2.05, 4.69) is 5.32 Å². The second-order valence-electron chi connectivity index (χ2n) is 5.25. The Morgan fingerprint density at radius 3 is 2.68 bits per heavy atom. The van der Waals surface area contributed by atoms with Gasteiger partial charge in [0.1, 0.15) is 11.4 Å². The number of ether oxygens (including phenoxy) is 1. The Balaban J connectivity index is 2.29. The molecular weight excluding hydrogens is 269 g/mol. The largest absolute Gasteiger partial charge is 0.460 e. The van der Waals surface area contributed by atoms with Gasteiger partial charge in [0.2, 0.25) is 0 Å². The molecular formula is C14H19ClFNO2. The van der Waals surface area contributed by atoms with Crippen molar-refractivity contribution in [1.29, 1.82) is 0 Å². The maximum atomic E-state index is 12.8. The molecule has 3 nitrogen and oxygen atoms in total. The highest BCUT2D eigenvalue weighted by Crippen LogP contribution is 2.16. The van der Waals surface area contributed by atoms with Crippen LogP contribution in [0.3, 0.4) is 0 Å². The Morgan fingerprint density at radius 2 is 2.11 bits per heavy atom. The molecule has 1 aromatic rings. The number of carbonyl (C=O) groups is 1. The van der Waals surface area contributed by atoms with Gasteiger partial charge in [0, 0.05) is 18.1 Å². The molecule has 0 spiro atoms. The lowest BCUT2D eigenvalue weighted by atomic mass is 10.2. The fourth-order valence-corrected chi connectivity index (χ4v) is 1.71. The zero-order valence-electron chi connectivity index (χ0n) is 11.4. The smallest absolute Gasteiger partial charge is 0.307 e. The second kappa shape index (κ2) is 6.87. The summed E-state index contributed by atoms with van der Waals surface area (Å²) in [6, 6.07) is 4.25. The third-order valence-corrected chi connectivity index (χ3v) is 2.61. The van der Waals surface area contributed by atoms with Crippen LogP contribution in [0.2, 0.25) is 5.02 Å². The number of carbonyl (C=O) groups excluding carboxylic acids is 1. The molecule has 106 valence electrons. The molecule has 0 aliphatic carbocycles. The molecule has 0 unspecified atom stereocenters. The SMILES string of the molecule is CC(C)(C)OC(=O)CCNCc1ccc(F)cc1Cl. The first-order valence-electron chi connectivity index (χ1n) is 6.14. The van der Waals surface area contributed by atoms with E-state index in [0.29, 0.717) is 18.1 Å². The second-order valence-corrected chi connectivity index (χ2v) is 5.66. The summed E-state index contributed by atoms with van der Waals surface area (Å²) in [6.07, 6.45) is 0.288. The summed E-state index contributed by atoms with van der Waals surface area (Å²) in [5.41, 5.74) is 0.337. The molecule has 19 heavy (non-hydrogen) atoms. The van der Waals surface area contributed by atoms with Gasteiger partial charge >= 0.3 is 5.97 Å². The van der Waals surface area contributed by atoms with Crippen molar-refractivity contribution in [2.75, 3.05) is 6.54 Å². The molecule has 0 amide bonds. The molecule has 0 saturated heterocycles. The first-order valence-corrected chi connectivity index (χ1v) is 6.52. The highest BCUT2D eigenvalue weighted by Gasteiger charge is 2.15. The number of benzene rings is 1. The fourth-order valence-electron chi connectivity index (χ4n) is 1.47. The Bertz CT molecular complexity index is 444. The third-order valence-electron chi connectivity index (χ3n) is 2.26. The van der Waals surface area contributed by atoms with E-state index < -0.39 is 5.60 Å². The van der Waals surface area contributed by atoms with E-state index >= 15 is 0 Å². The zero-order valence-corrected chi connectivity index (χ0v) is 12.2. The minimum absolute atomic E-state index is 0.245. The Labute approximate surface area is 118 Å². The van der Waals surface area contributed by atoms with E-state index in [1.54, 1.807) is 6.07 Å². The fraction of sp³-hybridized carbons (Fsp3) is 0.500. The van der Waals surface area contributed by atoms with Gasteiger partial charge in [-0.15, -0.1) is 0 Å². The predicted molar refractivity (Wildman–Crippen MR) is 73.6 cm³/mol. The summed E-state index contributed by atoms with van der Waals surface area (Å²) < 4.78 is 18.0. The van der Waals surface area contributed by atoms with Gasteiger partial charge < -0.3 is 10.1 Å². The summed E-state index contributed by atoms with van der Waals surface area (Å²) in [6.45, 7) is 6.47. The third kappa shape index (κ3) is 6.55. The molecule has 5 heteroatoms. The predicted octanol–water partition coefficient (Wildman–Crippen LogP) is 3.30. The number of halogens is 2. The standard InChI is InChI=1S/C14H19ClFNO2/c1-14(2,3)19-13(18)6-7-17-9-10-4-5-11(16)8-12(10)15/h4-5,8,17H,6-7,9H2,1-3H3. The lowest BCUT2D eigenvalue weighted by molar-refractivity contribution is -0.154. The Kier molecular flexibility index (Phi) is 5.76. The van der Waals surface area contributed by atoms with E-state index in [4.69, 9.17) is 16.3 Å². The molecule has 0 atom stereocenters. The summed E-state index contributed by atoms with van der Waals surface area (Å²) in [5.74, 6) is -0.604. The lowest BCUT2D eigenvalue weighted by Gasteiger charge is -2.19. The molecule has 0 radical (unpaired) electrons. The van der Waals surface area contributed by atoms with Gasteiger partial charge in [-0.05, 0) is 38.5 Å². The van der Waals surface area contributed by atoms with Crippen molar-refractivity contribution in [3.05, 3.63) is 34.6 Å². The minimum Gasteiger partial charge on any atom is -0.460 e. The van der Waals surface area contributed by atoms with Gasteiger partial charge in [0.05, 0.1) is 6.42 Å². The van der Waals surface area contributed by atoms with Crippen molar-refractivity contribution < 1.29 is 13.9 Å². The minimum atomic E-state index is -0.461. The van der Waals surface area contributed by atoms with E-state index in [1.165, 1.54) is 12.1 Å². The van der Waals surface area contributed by atoms with Crippen LogP contribution in [0, 0.1) is 5.82 Å². The monoisotopic (exact) mass is 287 g/mol. The summed E-state index contributed by atoms with van der Waals surface area (Å²) in [4.78, 5) is 11.4. The van der Waals surface area contributed by atoms with Gasteiger partial charge in [-0.1, -0.05) is 17.7 Å². The summed E-state index contributed by atoms with van der Waals surface area (Å²) >= 11 is 5.89. The van der Waals surface area contributed by atoms with Crippen LogP contribution >= 0.6 is 11.6 Å². The molecule has 0 bridgehead atoms. The van der Waals surface area contributed by atoms with Crippen molar-refractivity contribution in [3.63, 3.8) is 0 Å². The van der Waals surface area contributed by atoms with Crippen LogP contribution in [-0.2, 0) is 16.1 Å². The highest BCUT2D eigenvalue weighted by molar-refractivity contribution is 6.31. The van der Waals surface area contributed by atoms with Crippen molar-refractivity contribution in [1.82, 2.24) is 5.32 Å². The van der Waals surface area contributed by atoms with Crippen LogP contribution in [0.5, 0.6) is 0 Å². The van der Waals surface area contributed by atoms with Crippen LogP contribution < -0.4 is 5.32 Å². The van der Waals surface area contributed by atoms with Gasteiger partial charge in [-0.25, -0.2) is 4.39 Å². The van der Waals surface area contributed by atoms with E-state index in [9.17, 15) is 9.18 Å². The van der Waals surface area contributed by atoms with Gasteiger partial charge in [0.25, 0.3) is 0 Å². The van der Waals surface area contributed by atoms with Crippen LogP contribution in [-0.4, -0.2) is 18.1 Å². The van der Waals surface area contributed by atoms with Crippen LogP contribution in [0.4, 0.5) is 4.39 Å². The zero-order chi connectivity index (χ0) is 14.5. The molecule has 0 aliphatic heterocycles. The maximum absolute atomic E-state index is 12.8. The Hall–Kier alpha value is -1.13. The number of hydrogen-bond donors (Lipinski definition) is 1. The van der Waals surface area contributed by atoms with Crippen LogP contribution in [0.25, 0.3) is 0 Å². The molecule has 0 aromatic heterocycles. The van der Waals surface area contributed by atoms with E-state index in [0.717, 1.165) is 5.56 Å². The molecule has 1 N–H and O–H groups in total. The van der Waals surface area contributed by atoms with Gasteiger partial charge in [-0.2, -0.15) is 0 Å². The quantitative estimate of drug-likeness (QED) is 0.667. The van der Waals surface area contributed by atoms with Crippen LogP contribution in [0.1, 0.15) is 32.8 Å². The van der Waals surface area contributed by atoms with E-state index in [-0.39, 0.29) is 18.2 Å². The van der Waals surface area contributed by atoms with Crippen molar-refractivity contribution in [2.45, 2.75) is 39.3 Å². The van der Waals surface area contributed by atoms with Gasteiger partial charge in [0.15, 0.2) is 0 Å². The first kappa shape index (κ1) is 15.9. The molecule has 0 aliphatic rings. The molecule has 1 aromatic carbocycles. The molecule has 0 fully saturated rings. The average Bonchev–Trinajstić information content (AvgIpc) is 2.24. The molecule has 0 saturated carbocycles. The number of esters is 1. The van der Waals surface area contributed by atoms with Gasteiger partial charge in [-0.3, -0.25) is 4.79 Å². The maximum Gasteiger partial charge on any atom is 0.307 e. The first-order chi connectivity index (χ1) is 8.78. The average molecular weight is 288 g/mol. The molecule has 0 heterocycles. The summed E-state index contributed by atoms with van der Waals surface area (Å²) in [7, 11) is 0. The van der Waals surface area contributed by atoms with Crippen molar-refractivity contribution >= 4 is 17.6 Å². The number of hydrogen-bond acceptors (Lipinski definition) is 3. The van der Waals surface area contributed by atoms with E-state index in [1.807, 2.05) is 20.8 Å². The van der Waals surface area contributed by atoms with Crippen molar-refractivity contribution in [2.24, 2.45) is 0 Å². The topological polar surface area (TPSA) is 38.3 Å². The Morgan fingerprint density at radius 1 is 1.42 bits per heavy atom.